The van der Waals surface area contributed by atoms with Gasteiger partial charge in [-0.2, -0.15) is 0 Å². The Hall–Kier alpha value is -1.79. The minimum Gasteiger partial charge on any atom is -0.466 e. The summed E-state index contributed by atoms with van der Waals surface area (Å²) in [6.45, 7) is 6.85. The number of anilines is 1. The quantitative estimate of drug-likeness (QED) is 0.669. The number of hydrogen-bond donors (Lipinski definition) is 1. The van der Waals surface area contributed by atoms with Crippen molar-refractivity contribution in [2.45, 2.75) is 39.0 Å². The van der Waals surface area contributed by atoms with Crippen LogP contribution in [0, 0.1) is 5.92 Å². The third-order valence-electron chi connectivity index (χ3n) is 5.53. The molecule has 0 aliphatic carbocycles. The van der Waals surface area contributed by atoms with Crippen LogP contribution in [0.4, 0.5) is 10.5 Å². The van der Waals surface area contributed by atoms with Crippen LogP contribution in [0.3, 0.4) is 0 Å². The molecular weight excluding hydrogens is 378 g/mol. The summed E-state index contributed by atoms with van der Waals surface area (Å²) in [5, 5.41) is 3.39. The highest BCUT2D eigenvalue weighted by Crippen LogP contribution is 2.23. The number of carbonyl (C=O) groups is 2. The van der Waals surface area contributed by atoms with Gasteiger partial charge in [-0.3, -0.25) is 9.69 Å². The SMILES string of the molecule is CCOC(=O)CCc1ccc(N2CCN(CCC3CCNCC3)C2=O)cc1.Cl. The molecule has 2 saturated heterocycles. The highest BCUT2D eigenvalue weighted by molar-refractivity contribution is 5.94. The molecule has 0 aromatic heterocycles. The normalized spacial score (nSPS) is 17.5. The number of esters is 1. The maximum atomic E-state index is 12.7. The van der Waals surface area contributed by atoms with Gasteiger partial charge in [-0.15, -0.1) is 12.4 Å². The summed E-state index contributed by atoms with van der Waals surface area (Å²) >= 11 is 0. The van der Waals surface area contributed by atoms with Crippen molar-refractivity contribution in [1.29, 1.82) is 0 Å². The molecule has 0 saturated carbocycles. The van der Waals surface area contributed by atoms with Crippen LogP contribution in [0.5, 0.6) is 0 Å². The van der Waals surface area contributed by atoms with Crippen molar-refractivity contribution in [2.75, 3.05) is 44.2 Å². The van der Waals surface area contributed by atoms with E-state index in [2.05, 4.69) is 5.32 Å². The second-order valence-corrected chi connectivity index (χ2v) is 7.37. The zero-order valence-electron chi connectivity index (χ0n) is 16.7. The molecule has 2 aliphatic heterocycles. The van der Waals surface area contributed by atoms with Gasteiger partial charge in [0.25, 0.3) is 0 Å². The Balaban J connectivity index is 0.00000280. The minimum atomic E-state index is -0.166. The Kier molecular flexibility index (Phi) is 9.06. The molecule has 6 nitrogen and oxygen atoms in total. The first kappa shape index (κ1) is 22.5. The Morgan fingerprint density at radius 3 is 2.57 bits per heavy atom. The highest BCUT2D eigenvalue weighted by Gasteiger charge is 2.29. The number of nitrogens with zero attached hydrogens (tertiary/aromatic N) is 2. The highest BCUT2D eigenvalue weighted by atomic mass is 35.5. The second kappa shape index (κ2) is 11.3. The molecule has 1 N–H and O–H groups in total. The van der Waals surface area contributed by atoms with Crippen LogP contribution in [0.25, 0.3) is 0 Å². The fourth-order valence-electron chi connectivity index (χ4n) is 3.86. The topological polar surface area (TPSA) is 61.9 Å². The summed E-state index contributed by atoms with van der Waals surface area (Å²) in [5.74, 6) is 0.576. The zero-order valence-corrected chi connectivity index (χ0v) is 17.5. The summed E-state index contributed by atoms with van der Waals surface area (Å²) < 4.78 is 4.96. The third kappa shape index (κ3) is 6.11. The first-order valence-electron chi connectivity index (χ1n) is 10.2. The minimum absolute atomic E-state index is 0. The summed E-state index contributed by atoms with van der Waals surface area (Å²) in [6, 6.07) is 8.07. The number of halogens is 1. The molecule has 2 amide bonds. The van der Waals surface area contributed by atoms with Crippen molar-refractivity contribution >= 4 is 30.1 Å². The summed E-state index contributed by atoms with van der Waals surface area (Å²) in [4.78, 5) is 28.0. The largest absolute Gasteiger partial charge is 0.466 e. The molecular formula is C21H32ClN3O3. The van der Waals surface area contributed by atoms with Gasteiger partial charge in [-0.25, -0.2) is 4.79 Å². The van der Waals surface area contributed by atoms with E-state index in [-0.39, 0.29) is 24.4 Å². The number of hydrogen-bond acceptors (Lipinski definition) is 4. The van der Waals surface area contributed by atoms with Crippen molar-refractivity contribution in [3.8, 4) is 0 Å². The van der Waals surface area contributed by atoms with Crippen LogP contribution in [-0.4, -0.2) is 56.2 Å². The lowest BCUT2D eigenvalue weighted by Crippen LogP contribution is -2.34. The smallest absolute Gasteiger partial charge is 0.324 e. The number of benzene rings is 1. The molecule has 0 spiro atoms. The monoisotopic (exact) mass is 409 g/mol. The molecule has 0 atom stereocenters. The third-order valence-corrected chi connectivity index (χ3v) is 5.53. The van der Waals surface area contributed by atoms with E-state index in [9.17, 15) is 9.59 Å². The van der Waals surface area contributed by atoms with Crippen LogP contribution in [0.1, 0.15) is 38.2 Å². The van der Waals surface area contributed by atoms with E-state index >= 15 is 0 Å². The lowest BCUT2D eigenvalue weighted by Gasteiger charge is -2.25. The van der Waals surface area contributed by atoms with Crippen molar-refractivity contribution < 1.29 is 14.3 Å². The van der Waals surface area contributed by atoms with Gasteiger partial charge in [0, 0.05) is 31.7 Å². The summed E-state index contributed by atoms with van der Waals surface area (Å²) in [7, 11) is 0. The van der Waals surface area contributed by atoms with E-state index in [0.717, 1.165) is 56.3 Å². The Morgan fingerprint density at radius 1 is 1.18 bits per heavy atom. The van der Waals surface area contributed by atoms with Crippen molar-refractivity contribution in [2.24, 2.45) is 5.92 Å². The van der Waals surface area contributed by atoms with E-state index in [0.29, 0.717) is 19.4 Å². The molecule has 0 radical (unpaired) electrons. The predicted octanol–water partition coefficient (Wildman–Crippen LogP) is 3.24. The molecule has 2 fully saturated rings. The molecule has 2 heterocycles. The molecule has 1 aromatic carbocycles. The zero-order chi connectivity index (χ0) is 19.1. The first-order chi connectivity index (χ1) is 13.2. The molecule has 3 rings (SSSR count). The van der Waals surface area contributed by atoms with E-state index in [1.807, 2.05) is 41.0 Å². The second-order valence-electron chi connectivity index (χ2n) is 7.37. The van der Waals surface area contributed by atoms with Gasteiger partial charge in [0.1, 0.15) is 0 Å². The molecule has 156 valence electrons. The van der Waals surface area contributed by atoms with E-state index in [4.69, 9.17) is 4.74 Å². The maximum absolute atomic E-state index is 12.7. The molecule has 1 aromatic rings. The fraction of sp³-hybridized carbons (Fsp3) is 0.619. The number of carbonyl (C=O) groups excluding carboxylic acids is 2. The number of urea groups is 1. The number of nitrogens with one attached hydrogen (secondary N) is 1. The first-order valence-corrected chi connectivity index (χ1v) is 10.2. The number of ether oxygens (including phenoxy) is 1. The molecule has 7 heteroatoms. The van der Waals surface area contributed by atoms with Gasteiger partial charge < -0.3 is 15.0 Å². The van der Waals surface area contributed by atoms with Gasteiger partial charge in [0.05, 0.1) is 6.61 Å². The van der Waals surface area contributed by atoms with Crippen molar-refractivity contribution in [1.82, 2.24) is 10.2 Å². The Labute approximate surface area is 174 Å². The van der Waals surface area contributed by atoms with Gasteiger partial charge >= 0.3 is 12.0 Å². The summed E-state index contributed by atoms with van der Waals surface area (Å²) in [5.41, 5.74) is 2.02. The predicted molar refractivity (Wildman–Crippen MR) is 113 cm³/mol. The molecule has 0 unspecified atom stereocenters. The molecule has 0 bridgehead atoms. The van der Waals surface area contributed by atoms with Gasteiger partial charge in [0.15, 0.2) is 0 Å². The van der Waals surface area contributed by atoms with Crippen molar-refractivity contribution in [3.05, 3.63) is 29.8 Å². The average molecular weight is 410 g/mol. The average Bonchev–Trinajstić information content (AvgIpc) is 3.07. The maximum Gasteiger partial charge on any atom is 0.324 e. The van der Waals surface area contributed by atoms with Crippen LogP contribution < -0.4 is 10.2 Å². The number of aryl methyl sites for hydroxylation is 1. The lowest BCUT2D eigenvalue weighted by atomic mass is 9.94. The van der Waals surface area contributed by atoms with Gasteiger partial charge in [-0.1, -0.05) is 12.1 Å². The standard InChI is InChI=1S/C21H31N3O3.ClH/c1-2-27-20(25)8-5-17-3-6-19(7-4-17)24-16-15-23(21(24)26)14-11-18-9-12-22-13-10-18;/h3-4,6-7,18,22H,2,5,8-16H2,1H3;1H. The van der Waals surface area contributed by atoms with E-state index < -0.39 is 0 Å². The number of amides is 2. The van der Waals surface area contributed by atoms with Crippen LogP contribution in [0.15, 0.2) is 24.3 Å². The fourth-order valence-corrected chi connectivity index (χ4v) is 3.86. The van der Waals surface area contributed by atoms with E-state index in [1.54, 1.807) is 0 Å². The molecule has 2 aliphatic rings. The lowest BCUT2D eigenvalue weighted by molar-refractivity contribution is -0.143. The van der Waals surface area contributed by atoms with Gasteiger partial charge in [0.2, 0.25) is 0 Å². The van der Waals surface area contributed by atoms with Crippen LogP contribution >= 0.6 is 12.4 Å². The summed E-state index contributed by atoms with van der Waals surface area (Å²) in [6.07, 6.45) is 4.60. The van der Waals surface area contributed by atoms with Crippen LogP contribution in [0.2, 0.25) is 0 Å². The molecule has 28 heavy (non-hydrogen) atoms. The van der Waals surface area contributed by atoms with Crippen molar-refractivity contribution in [3.63, 3.8) is 0 Å². The Bertz CT molecular complexity index is 632. The van der Waals surface area contributed by atoms with Gasteiger partial charge in [-0.05, 0) is 69.3 Å². The Morgan fingerprint density at radius 2 is 1.89 bits per heavy atom. The van der Waals surface area contributed by atoms with Crippen LogP contribution in [-0.2, 0) is 16.0 Å². The van der Waals surface area contributed by atoms with E-state index in [1.165, 1.54) is 12.8 Å². The number of piperidine rings is 1. The number of rotatable bonds is 8.